The van der Waals surface area contributed by atoms with E-state index in [0.29, 0.717) is 12.1 Å². The second-order valence-electron chi connectivity index (χ2n) is 3.96. The fourth-order valence-electron chi connectivity index (χ4n) is 1.57. The number of sulfonamides is 1. The largest absolute Gasteiger partial charge is 0.329 e. The van der Waals surface area contributed by atoms with Crippen molar-refractivity contribution in [2.24, 2.45) is 5.73 Å². The Bertz CT molecular complexity index is 436. The maximum absolute atomic E-state index is 11.9. The van der Waals surface area contributed by atoms with Crippen molar-refractivity contribution in [2.75, 3.05) is 11.3 Å². The summed E-state index contributed by atoms with van der Waals surface area (Å²) in [5.74, 6) is 0. The van der Waals surface area contributed by atoms with Crippen LogP contribution < -0.4 is 10.5 Å². The molecule has 0 amide bonds. The predicted octanol–water partition coefficient (Wildman–Crippen LogP) is 1.73. The Morgan fingerprint density at radius 3 is 2.24 bits per heavy atom. The van der Waals surface area contributed by atoms with E-state index in [4.69, 9.17) is 5.73 Å². The summed E-state index contributed by atoms with van der Waals surface area (Å²) in [6.07, 6.45) is 1.45. The van der Waals surface area contributed by atoms with E-state index in [9.17, 15) is 8.42 Å². The highest BCUT2D eigenvalue weighted by Crippen LogP contribution is 2.14. The van der Waals surface area contributed by atoms with Gasteiger partial charge < -0.3 is 5.73 Å². The molecule has 0 bridgehead atoms. The Balaban J connectivity index is 2.82. The van der Waals surface area contributed by atoms with Gasteiger partial charge in [0, 0.05) is 12.2 Å². The molecule has 0 saturated heterocycles. The van der Waals surface area contributed by atoms with E-state index in [1.54, 1.807) is 12.1 Å². The van der Waals surface area contributed by atoms with E-state index < -0.39 is 15.3 Å². The number of hydrogen-bond acceptors (Lipinski definition) is 3. The zero-order chi connectivity index (χ0) is 12.9. The first kappa shape index (κ1) is 14.0. The first-order valence-corrected chi connectivity index (χ1v) is 7.38. The lowest BCUT2D eigenvalue weighted by Crippen LogP contribution is -2.33. The standard InChI is InChI=1S/C12H20N2O2S/c1-3-10-5-7-11(8-6-10)14-17(15,16)12(4-2)9-13/h5-8,12,14H,3-4,9,13H2,1-2H3. The monoisotopic (exact) mass is 256 g/mol. The van der Waals surface area contributed by atoms with Crippen LogP contribution in [0.2, 0.25) is 0 Å². The highest BCUT2D eigenvalue weighted by molar-refractivity contribution is 7.93. The molecule has 0 aliphatic heterocycles. The number of anilines is 1. The minimum Gasteiger partial charge on any atom is -0.329 e. The van der Waals surface area contributed by atoms with Gasteiger partial charge in [-0.1, -0.05) is 26.0 Å². The van der Waals surface area contributed by atoms with Crippen LogP contribution >= 0.6 is 0 Å². The van der Waals surface area contributed by atoms with Gasteiger partial charge in [0.2, 0.25) is 10.0 Å². The third kappa shape index (κ3) is 3.71. The minimum atomic E-state index is -3.37. The molecule has 3 N–H and O–H groups in total. The number of nitrogens with two attached hydrogens (primary N) is 1. The predicted molar refractivity (Wildman–Crippen MR) is 71.5 cm³/mol. The Hall–Kier alpha value is -1.07. The number of rotatable bonds is 6. The molecule has 17 heavy (non-hydrogen) atoms. The lowest BCUT2D eigenvalue weighted by molar-refractivity contribution is 0.581. The summed E-state index contributed by atoms with van der Waals surface area (Å²) in [6, 6.07) is 7.39. The van der Waals surface area contributed by atoms with E-state index >= 15 is 0 Å². The van der Waals surface area contributed by atoms with Crippen LogP contribution in [0.1, 0.15) is 25.8 Å². The van der Waals surface area contributed by atoms with Gasteiger partial charge >= 0.3 is 0 Å². The topological polar surface area (TPSA) is 72.2 Å². The van der Waals surface area contributed by atoms with Gasteiger partial charge in [-0.15, -0.1) is 0 Å². The van der Waals surface area contributed by atoms with Crippen LogP contribution in [0.15, 0.2) is 24.3 Å². The summed E-state index contributed by atoms with van der Waals surface area (Å²) in [5.41, 5.74) is 7.22. The Kier molecular flexibility index (Phi) is 4.96. The second-order valence-corrected chi connectivity index (χ2v) is 5.92. The van der Waals surface area contributed by atoms with Gasteiger partial charge in [0.1, 0.15) is 0 Å². The normalized spacial score (nSPS) is 13.4. The zero-order valence-corrected chi connectivity index (χ0v) is 11.1. The molecule has 1 aromatic carbocycles. The number of nitrogens with one attached hydrogen (secondary N) is 1. The van der Waals surface area contributed by atoms with Gasteiger partial charge in [0.25, 0.3) is 0 Å². The van der Waals surface area contributed by atoms with Crippen molar-refractivity contribution in [3.63, 3.8) is 0 Å². The third-order valence-corrected chi connectivity index (χ3v) is 4.70. The van der Waals surface area contributed by atoms with Crippen LogP contribution in [0.3, 0.4) is 0 Å². The SMILES string of the molecule is CCc1ccc(NS(=O)(=O)C(CC)CN)cc1. The molecule has 0 aliphatic rings. The van der Waals surface area contributed by atoms with Gasteiger partial charge in [-0.25, -0.2) is 8.42 Å². The van der Waals surface area contributed by atoms with E-state index in [1.165, 1.54) is 5.56 Å². The maximum atomic E-state index is 11.9. The van der Waals surface area contributed by atoms with Crippen molar-refractivity contribution in [3.8, 4) is 0 Å². The molecule has 1 rings (SSSR count). The van der Waals surface area contributed by atoms with Gasteiger partial charge in [-0.3, -0.25) is 4.72 Å². The molecule has 0 radical (unpaired) electrons. The van der Waals surface area contributed by atoms with Crippen molar-refractivity contribution in [1.82, 2.24) is 0 Å². The average Bonchev–Trinajstić information content (AvgIpc) is 2.30. The summed E-state index contributed by atoms with van der Waals surface area (Å²) < 4.78 is 26.4. The summed E-state index contributed by atoms with van der Waals surface area (Å²) >= 11 is 0. The van der Waals surface area contributed by atoms with E-state index in [0.717, 1.165) is 6.42 Å². The first-order valence-electron chi connectivity index (χ1n) is 5.84. The molecule has 0 heterocycles. The van der Waals surface area contributed by atoms with E-state index in [-0.39, 0.29) is 6.54 Å². The Morgan fingerprint density at radius 1 is 1.24 bits per heavy atom. The van der Waals surface area contributed by atoms with Crippen LogP contribution in [-0.2, 0) is 16.4 Å². The van der Waals surface area contributed by atoms with Crippen LogP contribution in [-0.4, -0.2) is 20.2 Å². The second kappa shape index (κ2) is 6.02. The van der Waals surface area contributed by atoms with Gasteiger partial charge in [0.15, 0.2) is 0 Å². The fraction of sp³-hybridized carbons (Fsp3) is 0.500. The molecule has 0 aromatic heterocycles. The minimum absolute atomic E-state index is 0.138. The molecule has 96 valence electrons. The van der Waals surface area contributed by atoms with Gasteiger partial charge in [0.05, 0.1) is 5.25 Å². The number of benzene rings is 1. The first-order chi connectivity index (χ1) is 8.03. The molecule has 1 unspecified atom stereocenters. The zero-order valence-electron chi connectivity index (χ0n) is 10.3. The van der Waals surface area contributed by atoms with Crippen LogP contribution in [0.25, 0.3) is 0 Å². The molecule has 0 fully saturated rings. The van der Waals surface area contributed by atoms with Crippen molar-refractivity contribution >= 4 is 15.7 Å². The maximum Gasteiger partial charge on any atom is 0.236 e. The van der Waals surface area contributed by atoms with Crippen LogP contribution in [0.4, 0.5) is 5.69 Å². The molecule has 0 aliphatic carbocycles. The Morgan fingerprint density at radius 2 is 1.82 bits per heavy atom. The van der Waals surface area contributed by atoms with Crippen molar-refractivity contribution in [2.45, 2.75) is 31.9 Å². The third-order valence-electron chi connectivity index (χ3n) is 2.78. The molecule has 1 aromatic rings. The van der Waals surface area contributed by atoms with Gasteiger partial charge in [-0.05, 0) is 30.5 Å². The number of hydrogen-bond donors (Lipinski definition) is 2. The molecular formula is C12H20N2O2S. The smallest absolute Gasteiger partial charge is 0.236 e. The summed E-state index contributed by atoms with van der Waals surface area (Å²) in [5, 5.41) is -0.534. The van der Waals surface area contributed by atoms with Crippen LogP contribution in [0.5, 0.6) is 0 Å². The lowest BCUT2D eigenvalue weighted by Gasteiger charge is -2.15. The van der Waals surface area contributed by atoms with E-state index in [2.05, 4.69) is 11.6 Å². The van der Waals surface area contributed by atoms with Crippen molar-refractivity contribution in [1.29, 1.82) is 0 Å². The summed E-state index contributed by atoms with van der Waals surface area (Å²) in [4.78, 5) is 0. The van der Waals surface area contributed by atoms with Crippen molar-refractivity contribution < 1.29 is 8.42 Å². The Labute approximate surface area is 103 Å². The molecule has 4 nitrogen and oxygen atoms in total. The molecule has 0 saturated carbocycles. The highest BCUT2D eigenvalue weighted by Gasteiger charge is 2.21. The molecule has 1 atom stereocenters. The number of aryl methyl sites for hydroxylation is 1. The average molecular weight is 256 g/mol. The quantitative estimate of drug-likeness (QED) is 0.814. The summed E-state index contributed by atoms with van der Waals surface area (Å²) in [7, 11) is -3.37. The van der Waals surface area contributed by atoms with Crippen molar-refractivity contribution in [3.05, 3.63) is 29.8 Å². The highest BCUT2D eigenvalue weighted by atomic mass is 32.2. The summed E-state index contributed by atoms with van der Waals surface area (Å²) in [6.45, 7) is 4.01. The fourth-order valence-corrected chi connectivity index (χ4v) is 2.89. The molecule has 5 heteroatoms. The van der Waals surface area contributed by atoms with Gasteiger partial charge in [-0.2, -0.15) is 0 Å². The lowest BCUT2D eigenvalue weighted by atomic mass is 10.2. The molecule has 0 spiro atoms. The molecular weight excluding hydrogens is 236 g/mol. The van der Waals surface area contributed by atoms with Crippen LogP contribution in [0, 0.1) is 0 Å². The van der Waals surface area contributed by atoms with E-state index in [1.807, 2.05) is 19.1 Å².